The first-order valence-corrected chi connectivity index (χ1v) is 5.66. The smallest absolute Gasteiger partial charge is 0.100 e. The average molecular weight is 268 g/mol. The molecule has 1 unspecified atom stereocenters. The largest absolute Gasteiger partial charge is 0.381 e. The predicted octanol–water partition coefficient (Wildman–Crippen LogP) is 2.47. The summed E-state index contributed by atoms with van der Waals surface area (Å²) in [5.41, 5.74) is 7.22. The Labute approximate surface area is 98.4 Å². The van der Waals surface area contributed by atoms with Gasteiger partial charge in [-0.1, -0.05) is 6.92 Å². The molecule has 3 nitrogen and oxygen atoms in total. The maximum atomic E-state index is 8.76. The Kier molecular flexibility index (Phi) is 4.60. The van der Waals surface area contributed by atoms with Crippen LogP contribution >= 0.6 is 15.9 Å². The second-order valence-corrected chi connectivity index (χ2v) is 4.15. The molecule has 4 heteroatoms. The highest BCUT2D eigenvalue weighted by atomic mass is 79.9. The summed E-state index contributed by atoms with van der Waals surface area (Å²) in [6.45, 7) is 2.69. The lowest BCUT2D eigenvalue weighted by Crippen LogP contribution is -2.27. The van der Waals surface area contributed by atoms with Crippen LogP contribution in [-0.2, 0) is 0 Å². The number of hydrogen-bond acceptors (Lipinski definition) is 3. The number of nitrogens with two attached hydrogens (primary N) is 1. The second-order valence-electron chi connectivity index (χ2n) is 3.29. The van der Waals surface area contributed by atoms with Crippen molar-refractivity contribution in [3.63, 3.8) is 0 Å². The number of halogens is 1. The Morgan fingerprint density at radius 1 is 1.60 bits per heavy atom. The van der Waals surface area contributed by atoms with Crippen LogP contribution < -0.4 is 11.1 Å². The van der Waals surface area contributed by atoms with E-state index in [2.05, 4.69) is 34.2 Å². The van der Waals surface area contributed by atoms with Gasteiger partial charge >= 0.3 is 0 Å². The molecule has 0 spiro atoms. The van der Waals surface area contributed by atoms with Crippen molar-refractivity contribution in [2.75, 3.05) is 11.9 Å². The maximum absolute atomic E-state index is 8.76. The number of nitriles is 1. The molecule has 0 bridgehead atoms. The van der Waals surface area contributed by atoms with Crippen LogP contribution in [-0.4, -0.2) is 12.6 Å². The van der Waals surface area contributed by atoms with Gasteiger partial charge in [0, 0.05) is 22.7 Å². The minimum Gasteiger partial charge on any atom is -0.381 e. The van der Waals surface area contributed by atoms with E-state index < -0.39 is 0 Å². The topological polar surface area (TPSA) is 61.8 Å². The van der Waals surface area contributed by atoms with Crippen LogP contribution in [0, 0.1) is 11.3 Å². The third-order valence-electron chi connectivity index (χ3n) is 2.24. The monoisotopic (exact) mass is 267 g/mol. The highest BCUT2D eigenvalue weighted by molar-refractivity contribution is 9.10. The van der Waals surface area contributed by atoms with Crippen LogP contribution in [0.1, 0.15) is 18.9 Å². The molecule has 1 aromatic carbocycles. The summed E-state index contributed by atoms with van der Waals surface area (Å²) in [7, 11) is 0. The SMILES string of the molecule is CCC(CN)Nc1ccc(C#N)c(Br)c1. The lowest BCUT2D eigenvalue weighted by atomic mass is 10.2. The van der Waals surface area contributed by atoms with Gasteiger partial charge in [0.2, 0.25) is 0 Å². The number of rotatable bonds is 4. The number of nitrogens with one attached hydrogen (secondary N) is 1. The summed E-state index contributed by atoms with van der Waals surface area (Å²) >= 11 is 3.35. The minimum absolute atomic E-state index is 0.282. The van der Waals surface area contributed by atoms with E-state index in [9.17, 15) is 0 Å². The Morgan fingerprint density at radius 2 is 2.33 bits per heavy atom. The van der Waals surface area contributed by atoms with Crippen molar-refractivity contribution in [1.82, 2.24) is 0 Å². The molecule has 0 saturated heterocycles. The van der Waals surface area contributed by atoms with Crippen LogP contribution in [0.15, 0.2) is 22.7 Å². The molecule has 0 heterocycles. The van der Waals surface area contributed by atoms with Gasteiger partial charge < -0.3 is 11.1 Å². The predicted molar refractivity (Wildman–Crippen MR) is 65.6 cm³/mol. The van der Waals surface area contributed by atoms with Crippen molar-refractivity contribution in [3.05, 3.63) is 28.2 Å². The van der Waals surface area contributed by atoms with E-state index in [0.29, 0.717) is 12.1 Å². The molecule has 80 valence electrons. The standard InChI is InChI=1S/C11H14BrN3/c1-2-9(7-14)15-10-4-3-8(6-13)11(12)5-10/h3-5,9,15H,2,7,14H2,1H3. The van der Waals surface area contributed by atoms with E-state index in [0.717, 1.165) is 16.6 Å². The molecule has 0 fully saturated rings. The van der Waals surface area contributed by atoms with Gasteiger partial charge in [0.05, 0.1) is 5.56 Å². The normalized spacial score (nSPS) is 11.9. The number of anilines is 1. The van der Waals surface area contributed by atoms with Crippen LogP contribution in [0.25, 0.3) is 0 Å². The van der Waals surface area contributed by atoms with Gasteiger partial charge in [-0.05, 0) is 40.5 Å². The molecule has 1 atom stereocenters. The lowest BCUT2D eigenvalue weighted by Gasteiger charge is -2.16. The van der Waals surface area contributed by atoms with Crippen LogP contribution in [0.2, 0.25) is 0 Å². The third-order valence-corrected chi connectivity index (χ3v) is 2.89. The average Bonchev–Trinajstić information content (AvgIpc) is 2.26. The Balaban J connectivity index is 2.80. The van der Waals surface area contributed by atoms with Gasteiger partial charge in [-0.15, -0.1) is 0 Å². The summed E-state index contributed by atoms with van der Waals surface area (Å²) < 4.78 is 0.807. The van der Waals surface area contributed by atoms with Crippen LogP contribution in [0.3, 0.4) is 0 Å². The van der Waals surface area contributed by atoms with Gasteiger partial charge in [0.25, 0.3) is 0 Å². The minimum atomic E-state index is 0.282. The Hall–Kier alpha value is -1.05. The quantitative estimate of drug-likeness (QED) is 0.881. The highest BCUT2D eigenvalue weighted by Gasteiger charge is 2.05. The summed E-state index contributed by atoms with van der Waals surface area (Å²) in [5, 5.41) is 12.1. The molecule has 0 aliphatic rings. The van der Waals surface area contributed by atoms with E-state index in [1.165, 1.54) is 0 Å². The first-order valence-electron chi connectivity index (χ1n) is 4.87. The van der Waals surface area contributed by atoms with E-state index in [4.69, 9.17) is 11.0 Å². The Bertz CT molecular complexity index is 367. The van der Waals surface area contributed by atoms with Crippen molar-refractivity contribution >= 4 is 21.6 Å². The molecule has 1 rings (SSSR count). The number of hydrogen-bond donors (Lipinski definition) is 2. The van der Waals surface area contributed by atoms with Gasteiger partial charge in [0.15, 0.2) is 0 Å². The number of benzene rings is 1. The zero-order valence-electron chi connectivity index (χ0n) is 8.63. The highest BCUT2D eigenvalue weighted by Crippen LogP contribution is 2.21. The van der Waals surface area contributed by atoms with E-state index in [-0.39, 0.29) is 6.04 Å². The summed E-state index contributed by atoms with van der Waals surface area (Å²) in [6.07, 6.45) is 0.980. The van der Waals surface area contributed by atoms with Gasteiger partial charge in [-0.2, -0.15) is 5.26 Å². The van der Waals surface area contributed by atoms with Gasteiger partial charge in [-0.25, -0.2) is 0 Å². The second kappa shape index (κ2) is 5.74. The van der Waals surface area contributed by atoms with Gasteiger partial charge in [0.1, 0.15) is 6.07 Å². The van der Waals surface area contributed by atoms with Crippen LogP contribution in [0.4, 0.5) is 5.69 Å². The molecular formula is C11H14BrN3. The van der Waals surface area contributed by atoms with E-state index in [1.54, 1.807) is 6.07 Å². The van der Waals surface area contributed by atoms with Crippen LogP contribution in [0.5, 0.6) is 0 Å². The number of nitrogens with zero attached hydrogens (tertiary/aromatic N) is 1. The first-order chi connectivity index (χ1) is 7.21. The molecule has 1 aromatic rings. The zero-order chi connectivity index (χ0) is 11.3. The molecule has 0 aromatic heterocycles. The molecule has 0 aliphatic heterocycles. The van der Waals surface area contributed by atoms with Gasteiger partial charge in [-0.3, -0.25) is 0 Å². The molecule has 0 radical (unpaired) electrons. The molecule has 3 N–H and O–H groups in total. The zero-order valence-corrected chi connectivity index (χ0v) is 10.2. The van der Waals surface area contributed by atoms with Crippen molar-refractivity contribution in [1.29, 1.82) is 5.26 Å². The van der Waals surface area contributed by atoms with Crippen molar-refractivity contribution in [3.8, 4) is 6.07 Å². The fourth-order valence-corrected chi connectivity index (χ4v) is 1.73. The molecular weight excluding hydrogens is 254 g/mol. The van der Waals surface area contributed by atoms with Crippen molar-refractivity contribution < 1.29 is 0 Å². The maximum Gasteiger partial charge on any atom is 0.100 e. The van der Waals surface area contributed by atoms with Crippen molar-refractivity contribution in [2.45, 2.75) is 19.4 Å². The van der Waals surface area contributed by atoms with E-state index >= 15 is 0 Å². The molecule has 0 saturated carbocycles. The van der Waals surface area contributed by atoms with Crippen molar-refractivity contribution in [2.24, 2.45) is 5.73 Å². The molecule has 15 heavy (non-hydrogen) atoms. The Morgan fingerprint density at radius 3 is 2.80 bits per heavy atom. The summed E-state index contributed by atoms with van der Waals surface area (Å²) in [5.74, 6) is 0. The first kappa shape index (κ1) is 12.0. The summed E-state index contributed by atoms with van der Waals surface area (Å²) in [4.78, 5) is 0. The fourth-order valence-electron chi connectivity index (χ4n) is 1.26. The molecule has 0 aliphatic carbocycles. The van der Waals surface area contributed by atoms with E-state index in [1.807, 2.05) is 12.1 Å². The fraction of sp³-hybridized carbons (Fsp3) is 0.364. The summed E-state index contributed by atoms with van der Waals surface area (Å²) in [6, 6.07) is 7.96. The lowest BCUT2D eigenvalue weighted by molar-refractivity contribution is 0.703. The third kappa shape index (κ3) is 3.22. The molecule has 0 amide bonds.